The number of methoxy groups -OCH3 is 1. The van der Waals surface area contributed by atoms with Gasteiger partial charge in [0.1, 0.15) is 5.75 Å². The standard InChI is InChI=1S/C15H23NO/c1-11(2)12-5-6-14(17-4)13(9-12)15(3)7-8-16-10-15/h5-6,9,11,16H,7-8,10H2,1-4H3. The van der Waals surface area contributed by atoms with Crippen LogP contribution in [-0.4, -0.2) is 20.2 Å². The van der Waals surface area contributed by atoms with Crippen LogP contribution in [0.4, 0.5) is 0 Å². The summed E-state index contributed by atoms with van der Waals surface area (Å²) in [6.45, 7) is 8.95. The van der Waals surface area contributed by atoms with Crippen LogP contribution in [0.2, 0.25) is 0 Å². The van der Waals surface area contributed by atoms with Gasteiger partial charge in [-0.05, 0) is 30.5 Å². The lowest BCUT2D eigenvalue weighted by molar-refractivity contribution is 0.391. The monoisotopic (exact) mass is 233 g/mol. The van der Waals surface area contributed by atoms with Crippen LogP contribution in [0.5, 0.6) is 5.75 Å². The Morgan fingerprint density at radius 3 is 2.65 bits per heavy atom. The molecular weight excluding hydrogens is 210 g/mol. The second-order valence-corrected chi connectivity index (χ2v) is 5.60. The third-order valence-electron chi connectivity index (χ3n) is 3.91. The van der Waals surface area contributed by atoms with Crippen molar-refractivity contribution in [3.63, 3.8) is 0 Å². The lowest BCUT2D eigenvalue weighted by atomic mass is 9.80. The molecule has 1 aliphatic heterocycles. The van der Waals surface area contributed by atoms with Crippen LogP contribution in [0.25, 0.3) is 0 Å². The second-order valence-electron chi connectivity index (χ2n) is 5.60. The molecule has 1 N–H and O–H groups in total. The molecule has 0 radical (unpaired) electrons. The van der Waals surface area contributed by atoms with Gasteiger partial charge in [0.05, 0.1) is 7.11 Å². The molecule has 94 valence electrons. The van der Waals surface area contributed by atoms with Crippen LogP contribution < -0.4 is 10.1 Å². The Morgan fingerprint density at radius 1 is 1.35 bits per heavy atom. The predicted molar refractivity (Wildman–Crippen MR) is 71.9 cm³/mol. The fourth-order valence-electron chi connectivity index (χ4n) is 2.60. The first-order valence-corrected chi connectivity index (χ1v) is 6.46. The third kappa shape index (κ3) is 2.32. The molecule has 1 unspecified atom stereocenters. The fourth-order valence-corrected chi connectivity index (χ4v) is 2.60. The summed E-state index contributed by atoms with van der Waals surface area (Å²) in [7, 11) is 1.76. The first-order valence-electron chi connectivity index (χ1n) is 6.46. The smallest absolute Gasteiger partial charge is 0.122 e. The minimum absolute atomic E-state index is 0.218. The topological polar surface area (TPSA) is 21.3 Å². The number of ether oxygens (including phenoxy) is 1. The molecule has 1 heterocycles. The van der Waals surface area contributed by atoms with E-state index in [0.29, 0.717) is 5.92 Å². The number of hydrogen-bond donors (Lipinski definition) is 1. The highest BCUT2D eigenvalue weighted by Gasteiger charge is 2.33. The summed E-state index contributed by atoms with van der Waals surface area (Å²) in [6, 6.07) is 6.63. The quantitative estimate of drug-likeness (QED) is 0.866. The van der Waals surface area contributed by atoms with Crippen molar-refractivity contribution >= 4 is 0 Å². The lowest BCUT2D eigenvalue weighted by Gasteiger charge is -2.26. The molecule has 0 saturated carbocycles. The summed E-state index contributed by atoms with van der Waals surface area (Å²) in [5.41, 5.74) is 2.97. The molecule has 1 aromatic carbocycles. The molecule has 0 aromatic heterocycles. The molecule has 0 spiro atoms. The molecule has 2 heteroatoms. The molecule has 1 aromatic rings. The van der Waals surface area contributed by atoms with Gasteiger partial charge in [0, 0.05) is 17.5 Å². The molecule has 17 heavy (non-hydrogen) atoms. The Bertz CT molecular complexity index is 392. The van der Waals surface area contributed by atoms with E-state index in [9.17, 15) is 0 Å². The Balaban J connectivity index is 2.45. The largest absolute Gasteiger partial charge is 0.496 e. The maximum Gasteiger partial charge on any atom is 0.122 e. The Hall–Kier alpha value is -1.02. The van der Waals surface area contributed by atoms with Crippen molar-refractivity contribution in [3.05, 3.63) is 29.3 Å². The summed E-state index contributed by atoms with van der Waals surface area (Å²) >= 11 is 0. The highest BCUT2D eigenvalue weighted by molar-refractivity contribution is 5.44. The van der Waals surface area contributed by atoms with E-state index in [2.05, 4.69) is 44.3 Å². The minimum atomic E-state index is 0.218. The van der Waals surface area contributed by atoms with E-state index in [0.717, 1.165) is 18.8 Å². The number of hydrogen-bond acceptors (Lipinski definition) is 2. The van der Waals surface area contributed by atoms with Crippen molar-refractivity contribution in [1.82, 2.24) is 5.32 Å². The van der Waals surface area contributed by atoms with E-state index < -0.39 is 0 Å². The molecular formula is C15H23NO. The van der Waals surface area contributed by atoms with Crippen LogP contribution >= 0.6 is 0 Å². The Kier molecular flexibility index (Phi) is 3.43. The first-order chi connectivity index (χ1) is 8.07. The normalized spacial score (nSPS) is 24.3. The highest BCUT2D eigenvalue weighted by Crippen LogP contribution is 2.37. The minimum Gasteiger partial charge on any atom is -0.496 e. The zero-order valence-corrected chi connectivity index (χ0v) is 11.3. The van der Waals surface area contributed by atoms with Gasteiger partial charge in [-0.2, -0.15) is 0 Å². The van der Waals surface area contributed by atoms with Gasteiger partial charge in [0.15, 0.2) is 0 Å². The van der Waals surface area contributed by atoms with Crippen LogP contribution in [0.1, 0.15) is 44.2 Å². The van der Waals surface area contributed by atoms with Crippen LogP contribution in [-0.2, 0) is 5.41 Å². The Morgan fingerprint density at radius 2 is 2.12 bits per heavy atom. The molecule has 1 atom stereocenters. The summed E-state index contributed by atoms with van der Waals surface area (Å²) in [4.78, 5) is 0. The fraction of sp³-hybridized carbons (Fsp3) is 0.600. The van der Waals surface area contributed by atoms with E-state index in [-0.39, 0.29) is 5.41 Å². The third-order valence-corrected chi connectivity index (χ3v) is 3.91. The van der Waals surface area contributed by atoms with Gasteiger partial charge < -0.3 is 10.1 Å². The maximum atomic E-state index is 5.53. The van der Waals surface area contributed by atoms with Crippen molar-refractivity contribution in [2.75, 3.05) is 20.2 Å². The molecule has 1 fully saturated rings. The van der Waals surface area contributed by atoms with Crippen molar-refractivity contribution in [3.8, 4) is 5.75 Å². The predicted octanol–water partition coefficient (Wildman–Crippen LogP) is 3.07. The van der Waals surface area contributed by atoms with Crippen molar-refractivity contribution in [1.29, 1.82) is 0 Å². The van der Waals surface area contributed by atoms with Crippen molar-refractivity contribution in [2.24, 2.45) is 0 Å². The van der Waals surface area contributed by atoms with E-state index in [1.54, 1.807) is 7.11 Å². The molecule has 0 amide bonds. The van der Waals surface area contributed by atoms with Gasteiger partial charge in [-0.25, -0.2) is 0 Å². The first kappa shape index (κ1) is 12.4. The van der Waals surface area contributed by atoms with Crippen molar-refractivity contribution < 1.29 is 4.74 Å². The van der Waals surface area contributed by atoms with Crippen LogP contribution in [0.3, 0.4) is 0 Å². The molecule has 0 aliphatic carbocycles. The van der Waals surface area contributed by atoms with Crippen molar-refractivity contribution in [2.45, 2.75) is 38.5 Å². The lowest BCUT2D eigenvalue weighted by Crippen LogP contribution is -2.25. The summed E-state index contributed by atoms with van der Waals surface area (Å²) in [5.74, 6) is 1.60. The SMILES string of the molecule is COc1ccc(C(C)C)cc1C1(C)CCNC1. The zero-order valence-electron chi connectivity index (χ0n) is 11.3. The van der Waals surface area contributed by atoms with Gasteiger partial charge in [-0.3, -0.25) is 0 Å². The summed E-state index contributed by atoms with van der Waals surface area (Å²) in [5, 5.41) is 3.46. The van der Waals surface area contributed by atoms with Crippen LogP contribution in [0, 0.1) is 0 Å². The van der Waals surface area contributed by atoms with E-state index in [1.807, 2.05) is 0 Å². The molecule has 0 bridgehead atoms. The van der Waals surface area contributed by atoms with Gasteiger partial charge in [-0.15, -0.1) is 0 Å². The van der Waals surface area contributed by atoms with Crippen LogP contribution in [0.15, 0.2) is 18.2 Å². The van der Waals surface area contributed by atoms with E-state index in [4.69, 9.17) is 4.74 Å². The Labute approximate surface area is 104 Å². The van der Waals surface area contributed by atoms with E-state index >= 15 is 0 Å². The highest BCUT2D eigenvalue weighted by atomic mass is 16.5. The second kappa shape index (κ2) is 4.69. The number of nitrogens with one attached hydrogen (secondary N) is 1. The molecule has 1 saturated heterocycles. The van der Waals surface area contributed by atoms with Gasteiger partial charge >= 0.3 is 0 Å². The maximum absolute atomic E-state index is 5.53. The van der Waals surface area contributed by atoms with Gasteiger partial charge in [0.2, 0.25) is 0 Å². The number of rotatable bonds is 3. The zero-order chi connectivity index (χ0) is 12.5. The molecule has 2 nitrogen and oxygen atoms in total. The average molecular weight is 233 g/mol. The van der Waals surface area contributed by atoms with Gasteiger partial charge in [-0.1, -0.05) is 32.9 Å². The van der Waals surface area contributed by atoms with Gasteiger partial charge in [0.25, 0.3) is 0 Å². The molecule has 1 aliphatic rings. The van der Waals surface area contributed by atoms with E-state index in [1.165, 1.54) is 17.5 Å². The average Bonchev–Trinajstić information content (AvgIpc) is 2.76. The number of benzene rings is 1. The molecule has 2 rings (SSSR count). The summed E-state index contributed by atoms with van der Waals surface area (Å²) < 4.78 is 5.53. The summed E-state index contributed by atoms with van der Waals surface area (Å²) in [6.07, 6.45) is 1.19.